The Hall–Kier alpha value is -4.99. The molecular weight excluding hydrogens is 626 g/mol. The maximum Gasteiger partial charge on any atom is 0.325 e. The normalized spacial score (nSPS) is 13.6. The molecule has 0 aromatic heterocycles. The SMILES string of the molecule is O=C([C@H](CSCc1ccccc1)NC(=O)N(Cc1cccc2ccccc12)C(=O)c1cccc(-c2ccc(F)cc2)c1)N1CCOCC1. The topological polar surface area (TPSA) is 79.0 Å². The first-order valence-corrected chi connectivity index (χ1v) is 17.0. The van der Waals surface area contributed by atoms with E-state index in [2.05, 4.69) is 5.32 Å². The van der Waals surface area contributed by atoms with Gasteiger partial charge in [0.2, 0.25) is 5.91 Å². The van der Waals surface area contributed by atoms with Crippen LogP contribution in [0.4, 0.5) is 9.18 Å². The predicted octanol–water partition coefficient (Wildman–Crippen LogP) is 7.16. The number of morpholine rings is 1. The van der Waals surface area contributed by atoms with E-state index in [1.807, 2.05) is 78.9 Å². The molecule has 7 nitrogen and oxygen atoms in total. The lowest BCUT2D eigenvalue weighted by Gasteiger charge is -2.32. The Bertz CT molecular complexity index is 1870. The van der Waals surface area contributed by atoms with E-state index in [9.17, 15) is 18.8 Å². The molecule has 1 heterocycles. The maximum absolute atomic E-state index is 14.3. The molecule has 0 saturated carbocycles. The smallest absolute Gasteiger partial charge is 0.325 e. The summed E-state index contributed by atoms with van der Waals surface area (Å²) in [5.74, 6) is -0.0833. The van der Waals surface area contributed by atoms with E-state index in [0.29, 0.717) is 48.9 Å². The van der Waals surface area contributed by atoms with Gasteiger partial charge in [-0.25, -0.2) is 9.18 Å². The number of carbonyl (C=O) groups is 3. The number of nitrogens with one attached hydrogen (secondary N) is 1. The van der Waals surface area contributed by atoms with E-state index in [4.69, 9.17) is 4.74 Å². The predicted molar refractivity (Wildman–Crippen MR) is 188 cm³/mol. The molecule has 4 amide bonds. The van der Waals surface area contributed by atoms with Crippen molar-refractivity contribution in [1.82, 2.24) is 15.1 Å². The van der Waals surface area contributed by atoms with Crippen molar-refractivity contribution in [3.05, 3.63) is 144 Å². The Morgan fingerprint density at radius 2 is 1.52 bits per heavy atom. The molecule has 0 unspecified atom stereocenters. The Morgan fingerprint density at radius 3 is 2.31 bits per heavy atom. The highest BCUT2D eigenvalue weighted by atomic mass is 32.2. The van der Waals surface area contributed by atoms with Crippen LogP contribution in [0.3, 0.4) is 0 Å². The summed E-state index contributed by atoms with van der Waals surface area (Å²) in [7, 11) is 0. The average Bonchev–Trinajstić information content (AvgIpc) is 3.14. The number of urea groups is 1. The van der Waals surface area contributed by atoms with Crippen molar-refractivity contribution in [2.24, 2.45) is 0 Å². The standard InChI is InChI=1S/C39H36FN3O4S/c40-34-18-16-29(17-19-34)31-12-7-13-32(24-31)37(44)43(25-33-14-6-11-30-10-4-5-15-35(30)33)39(46)41-36(38(45)42-20-22-47-23-21-42)27-48-26-28-8-2-1-3-9-28/h1-19,24,36H,20-23,25-27H2,(H,41,46)/t36-/m0/s1. The van der Waals surface area contributed by atoms with Gasteiger partial charge < -0.3 is 15.0 Å². The van der Waals surface area contributed by atoms with Gasteiger partial charge in [-0.15, -0.1) is 0 Å². The Kier molecular flexibility index (Phi) is 10.8. The van der Waals surface area contributed by atoms with Crippen molar-refractivity contribution in [1.29, 1.82) is 0 Å². The average molecular weight is 662 g/mol. The van der Waals surface area contributed by atoms with E-state index in [0.717, 1.165) is 27.5 Å². The number of rotatable bonds is 10. The number of ether oxygens (including phenoxy) is 1. The molecule has 1 aliphatic rings. The number of amides is 4. The lowest BCUT2D eigenvalue weighted by molar-refractivity contribution is -0.136. The largest absolute Gasteiger partial charge is 0.378 e. The minimum Gasteiger partial charge on any atom is -0.378 e. The summed E-state index contributed by atoms with van der Waals surface area (Å²) in [5.41, 5.74) is 3.65. The van der Waals surface area contributed by atoms with Crippen LogP contribution in [0.15, 0.2) is 121 Å². The minimum absolute atomic E-state index is 0.0115. The van der Waals surface area contributed by atoms with Crippen LogP contribution in [-0.4, -0.2) is 65.7 Å². The number of nitrogens with zero attached hydrogens (tertiary/aromatic N) is 2. The number of fused-ring (bicyclic) bond motifs is 1. The highest BCUT2D eigenvalue weighted by Gasteiger charge is 2.31. The summed E-state index contributed by atoms with van der Waals surface area (Å²) in [6, 6.07) is 35.0. The zero-order chi connectivity index (χ0) is 33.3. The first-order chi connectivity index (χ1) is 23.5. The number of thioether (sulfide) groups is 1. The summed E-state index contributed by atoms with van der Waals surface area (Å²) >= 11 is 1.55. The Morgan fingerprint density at radius 1 is 0.812 bits per heavy atom. The number of carbonyl (C=O) groups excluding carboxylic acids is 3. The van der Waals surface area contributed by atoms with Crippen LogP contribution in [0.25, 0.3) is 21.9 Å². The molecule has 244 valence electrons. The van der Waals surface area contributed by atoms with Gasteiger partial charge in [-0.3, -0.25) is 14.5 Å². The molecular formula is C39H36FN3O4S. The quantitative estimate of drug-likeness (QED) is 0.172. The molecule has 1 saturated heterocycles. The molecule has 48 heavy (non-hydrogen) atoms. The van der Waals surface area contributed by atoms with Crippen molar-refractivity contribution in [2.75, 3.05) is 32.1 Å². The summed E-state index contributed by atoms with van der Waals surface area (Å²) in [4.78, 5) is 45.3. The molecule has 0 bridgehead atoms. The van der Waals surface area contributed by atoms with Crippen molar-refractivity contribution < 1.29 is 23.5 Å². The van der Waals surface area contributed by atoms with E-state index in [1.165, 1.54) is 17.0 Å². The third kappa shape index (κ3) is 8.10. The lowest BCUT2D eigenvalue weighted by Crippen LogP contribution is -2.56. The van der Waals surface area contributed by atoms with Gasteiger partial charge in [-0.1, -0.05) is 97.1 Å². The van der Waals surface area contributed by atoms with Gasteiger partial charge in [0.15, 0.2) is 0 Å². The van der Waals surface area contributed by atoms with E-state index in [1.54, 1.807) is 47.0 Å². The van der Waals surface area contributed by atoms with Crippen LogP contribution in [0.2, 0.25) is 0 Å². The van der Waals surface area contributed by atoms with Crippen molar-refractivity contribution in [3.63, 3.8) is 0 Å². The van der Waals surface area contributed by atoms with Crippen LogP contribution in [0.1, 0.15) is 21.5 Å². The van der Waals surface area contributed by atoms with E-state index in [-0.39, 0.29) is 18.3 Å². The molecule has 1 aliphatic heterocycles. The number of hydrogen-bond donors (Lipinski definition) is 1. The highest BCUT2D eigenvalue weighted by Crippen LogP contribution is 2.25. The van der Waals surface area contributed by atoms with Crippen LogP contribution in [-0.2, 0) is 21.8 Å². The third-order valence-electron chi connectivity index (χ3n) is 8.30. The van der Waals surface area contributed by atoms with Crippen LogP contribution in [0.5, 0.6) is 0 Å². The summed E-state index contributed by atoms with van der Waals surface area (Å²) in [5, 5.41) is 4.85. The van der Waals surface area contributed by atoms with Crippen LogP contribution < -0.4 is 5.32 Å². The van der Waals surface area contributed by atoms with Gasteiger partial charge in [0.05, 0.1) is 19.8 Å². The molecule has 6 rings (SSSR count). The Balaban J connectivity index is 1.30. The first-order valence-electron chi connectivity index (χ1n) is 15.9. The zero-order valence-electron chi connectivity index (χ0n) is 26.4. The zero-order valence-corrected chi connectivity index (χ0v) is 27.2. The molecule has 5 aromatic rings. The highest BCUT2D eigenvalue weighted by molar-refractivity contribution is 7.98. The van der Waals surface area contributed by atoms with Gasteiger partial charge in [-0.2, -0.15) is 11.8 Å². The molecule has 9 heteroatoms. The number of halogens is 1. The summed E-state index contributed by atoms with van der Waals surface area (Å²) in [6.07, 6.45) is 0. The number of imide groups is 1. The Labute approximate surface area is 283 Å². The molecule has 1 atom stereocenters. The molecule has 1 fully saturated rings. The van der Waals surface area contributed by atoms with Gasteiger partial charge in [0.1, 0.15) is 11.9 Å². The first kappa shape index (κ1) is 32.9. The maximum atomic E-state index is 14.3. The number of benzene rings is 5. The fourth-order valence-electron chi connectivity index (χ4n) is 5.74. The van der Waals surface area contributed by atoms with Gasteiger partial charge in [-0.05, 0) is 57.3 Å². The third-order valence-corrected chi connectivity index (χ3v) is 9.41. The lowest BCUT2D eigenvalue weighted by atomic mass is 10.0. The fraction of sp³-hybridized carbons (Fsp3) is 0.205. The van der Waals surface area contributed by atoms with Crippen molar-refractivity contribution in [3.8, 4) is 11.1 Å². The molecule has 5 aromatic carbocycles. The van der Waals surface area contributed by atoms with Gasteiger partial charge in [0.25, 0.3) is 5.91 Å². The van der Waals surface area contributed by atoms with E-state index >= 15 is 0 Å². The van der Waals surface area contributed by atoms with Crippen LogP contribution in [0, 0.1) is 5.82 Å². The van der Waals surface area contributed by atoms with Crippen LogP contribution >= 0.6 is 11.8 Å². The van der Waals surface area contributed by atoms with Crippen molar-refractivity contribution >= 4 is 40.4 Å². The monoisotopic (exact) mass is 661 g/mol. The van der Waals surface area contributed by atoms with E-state index < -0.39 is 18.0 Å². The number of hydrogen-bond acceptors (Lipinski definition) is 5. The fourth-order valence-corrected chi connectivity index (χ4v) is 6.75. The van der Waals surface area contributed by atoms with Gasteiger partial charge in [0, 0.05) is 30.2 Å². The van der Waals surface area contributed by atoms with Crippen molar-refractivity contribution in [2.45, 2.75) is 18.3 Å². The second kappa shape index (κ2) is 15.7. The molecule has 0 radical (unpaired) electrons. The minimum atomic E-state index is -0.863. The second-order valence-electron chi connectivity index (χ2n) is 11.6. The summed E-state index contributed by atoms with van der Waals surface area (Å²) < 4.78 is 19.1. The molecule has 0 spiro atoms. The molecule has 0 aliphatic carbocycles. The van der Waals surface area contributed by atoms with Gasteiger partial charge >= 0.3 is 6.03 Å². The summed E-state index contributed by atoms with van der Waals surface area (Å²) in [6.45, 7) is 1.72. The molecule has 1 N–H and O–H groups in total. The second-order valence-corrected chi connectivity index (χ2v) is 12.6.